The van der Waals surface area contributed by atoms with Gasteiger partial charge in [0.1, 0.15) is 12.4 Å². The SMILES string of the molecule is O=C(CN1CCN(S(=O)(=O)c2cccc(F)c2)CC1)NCC(F)(F)F. The number of benzene rings is 1. The van der Waals surface area contributed by atoms with E-state index in [1.807, 2.05) is 0 Å². The highest BCUT2D eigenvalue weighted by atomic mass is 32.2. The van der Waals surface area contributed by atoms with Gasteiger partial charge in [0.05, 0.1) is 11.4 Å². The summed E-state index contributed by atoms with van der Waals surface area (Å²) < 4.78 is 75.3. The Hall–Kier alpha value is -1.72. The second-order valence-electron chi connectivity index (χ2n) is 5.53. The lowest BCUT2D eigenvalue weighted by Gasteiger charge is -2.33. The molecule has 0 saturated carbocycles. The number of carbonyl (C=O) groups excluding carboxylic acids is 1. The number of piperazine rings is 1. The Morgan fingerprint density at radius 1 is 1.16 bits per heavy atom. The van der Waals surface area contributed by atoms with Gasteiger partial charge in [0, 0.05) is 26.2 Å². The normalized spacial score (nSPS) is 17.4. The Morgan fingerprint density at radius 2 is 1.80 bits per heavy atom. The Kier molecular flexibility index (Phi) is 6.01. The quantitative estimate of drug-likeness (QED) is 0.764. The molecule has 0 unspecified atom stereocenters. The highest BCUT2D eigenvalue weighted by Crippen LogP contribution is 2.18. The van der Waals surface area contributed by atoms with E-state index < -0.39 is 34.5 Å². The maximum Gasteiger partial charge on any atom is 0.405 e. The third kappa shape index (κ3) is 5.65. The lowest BCUT2D eigenvalue weighted by Crippen LogP contribution is -2.51. The van der Waals surface area contributed by atoms with Crippen molar-refractivity contribution in [1.29, 1.82) is 0 Å². The monoisotopic (exact) mass is 383 g/mol. The molecule has 1 aliphatic heterocycles. The van der Waals surface area contributed by atoms with Crippen molar-refractivity contribution in [1.82, 2.24) is 14.5 Å². The first kappa shape index (κ1) is 19.6. The molecule has 1 aromatic rings. The van der Waals surface area contributed by atoms with Crippen LogP contribution in [-0.2, 0) is 14.8 Å². The molecule has 1 N–H and O–H groups in total. The van der Waals surface area contributed by atoms with Gasteiger partial charge in [-0.3, -0.25) is 9.69 Å². The molecule has 1 saturated heterocycles. The van der Waals surface area contributed by atoms with Crippen molar-refractivity contribution in [2.24, 2.45) is 0 Å². The second kappa shape index (κ2) is 7.67. The molecule has 11 heteroatoms. The Balaban J connectivity index is 1.88. The van der Waals surface area contributed by atoms with Crippen LogP contribution in [0.15, 0.2) is 29.2 Å². The predicted molar refractivity (Wildman–Crippen MR) is 80.7 cm³/mol. The van der Waals surface area contributed by atoms with Gasteiger partial charge in [0.25, 0.3) is 0 Å². The maximum absolute atomic E-state index is 13.2. The molecular formula is C14H17F4N3O3S. The van der Waals surface area contributed by atoms with Crippen molar-refractivity contribution >= 4 is 15.9 Å². The number of sulfonamides is 1. The van der Waals surface area contributed by atoms with Crippen molar-refractivity contribution in [2.75, 3.05) is 39.3 Å². The molecule has 0 aromatic heterocycles. The van der Waals surface area contributed by atoms with Gasteiger partial charge in [0.2, 0.25) is 15.9 Å². The minimum absolute atomic E-state index is 0.0609. The van der Waals surface area contributed by atoms with Crippen molar-refractivity contribution in [3.8, 4) is 0 Å². The van der Waals surface area contributed by atoms with E-state index in [2.05, 4.69) is 0 Å². The molecule has 0 radical (unpaired) electrons. The molecule has 1 amide bonds. The van der Waals surface area contributed by atoms with Crippen molar-refractivity contribution in [2.45, 2.75) is 11.1 Å². The van der Waals surface area contributed by atoms with Crippen LogP contribution < -0.4 is 5.32 Å². The predicted octanol–water partition coefficient (Wildman–Crippen LogP) is 0.810. The van der Waals surface area contributed by atoms with E-state index in [4.69, 9.17) is 0 Å². The fraction of sp³-hybridized carbons (Fsp3) is 0.500. The van der Waals surface area contributed by atoms with E-state index in [0.29, 0.717) is 0 Å². The summed E-state index contributed by atoms with van der Waals surface area (Å²) in [6, 6.07) is 4.64. The zero-order chi connectivity index (χ0) is 18.7. The minimum Gasteiger partial charge on any atom is -0.346 e. The average Bonchev–Trinajstić information content (AvgIpc) is 2.53. The first-order valence-electron chi connectivity index (χ1n) is 7.39. The van der Waals surface area contributed by atoms with Crippen LogP contribution in [0.5, 0.6) is 0 Å². The van der Waals surface area contributed by atoms with E-state index in [0.717, 1.165) is 16.4 Å². The molecular weight excluding hydrogens is 366 g/mol. The summed E-state index contributed by atoms with van der Waals surface area (Å²) in [4.78, 5) is 12.9. The van der Waals surface area contributed by atoms with Crippen LogP contribution in [0.2, 0.25) is 0 Å². The van der Waals surface area contributed by atoms with Gasteiger partial charge in [-0.2, -0.15) is 17.5 Å². The van der Waals surface area contributed by atoms with Crippen LogP contribution >= 0.6 is 0 Å². The van der Waals surface area contributed by atoms with Gasteiger partial charge in [0.15, 0.2) is 0 Å². The molecule has 0 spiro atoms. The molecule has 1 fully saturated rings. The Bertz CT molecular complexity index is 716. The molecule has 1 aliphatic rings. The molecule has 0 aliphatic carbocycles. The summed E-state index contributed by atoms with van der Waals surface area (Å²) in [6.45, 7) is -1.15. The van der Waals surface area contributed by atoms with E-state index in [-0.39, 0.29) is 37.6 Å². The number of hydrogen-bond acceptors (Lipinski definition) is 4. The molecule has 6 nitrogen and oxygen atoms in total. The summed E-state index contributed by atoms with van der Waals surface area (Å²) in [5.74, 6) is -1.44. The summed E-state index contributed by atoms with van der Waals surface area (Å²) in [7, 11) is -3.85. The Morgan fingerprint density at radius 3 is 2.36 bits per heavy atom. The summed E-state index contributed by atoms with van der Waals surface area (Å²) >= 11 is 0. The van der Waals surface area contributed by atoms with Gasteiger partial charge in [-0.05, 0) is 18.2 Å². The summed E-state index contributed by atoms with van der Waals surface area (Å²) in [6.07, 6.45) is -4.48. The third-order valence-corrected chi connectivity index (χ3v) is 5.51. The lowest BCUT2D eigenvalue weighted by molar-refractivity contribution is -0.139. The standard InChI is InChI=1S/C14H17F4N3O3S/c15-11-2-1-3-12(8-11)25(23,24)21-6-4-20(5-7-21)9-13(22)19-10-14(16,17)18/h1-3,8H,4-7,9-10H2,(H,19,22). The highest BCUT2D eigenvalue weighted by Gasteiger charge is 2.30. The number of nitrogens with zero attached hydrogens (tertiary/aromatic N) is 2. The molecule has 140 valence electrons. The zero-order valence-corrected chi connectivity index (χ0v) is 13.9. The van der Waals surface area contributed by atoms with Crippen LogP contribution in [0, 0.1) is 5.82 Å². The fourth-order valence-corrected chi connectivity index (χ4v) is 3.82. The molecule has 2 rings (SSSR count). The average molecular weight is 383 g/mol. The highest BCUT2D eigenvalue weighted by molar-refractivity contribution is 7.89. The van der Waals surface area contributed by atoms with Gasteiger partial charge >= 0.3 is 6.18 Å². The van der Waals surface area contributed by atoms with Gasteiger partial charge in [-0.25, -0.2) is 12.8 Å². The first-order chi connectivity index (χ1) is 11.6. The van der Waals surface area contributed by atoms with Crippen LogP contribution in [0.25, 0.3) is 0 Å². The van der Waals surface area contributed by atoms with Crippen molar-refractivity contribution < 1.29 is 30.8 Å². The number of nitrogens with one attached hydrogen (secondary N) is 1. The molecule has 0 bridgehead atoms. The number of hydrogen-bond donors (Lipinski definition) is 1. The van der Waals surface area contributed by atoms with Crippen molar-refractivity contribution in [3.05, 3.63) is 30.1 Å². The maximum atomic E-state index is 13.2. The summed E-state index contributed by atoms with van der Waals surface area (Å²) in [5.41, 5.74) is 0. The van der Waals surface area contributed by atoms with E-state index in [1.54, 1.807) is 10.2 Å². The fourth-order valence-electron chi connectivity index (χ4n) is 2.36. The lowest BCUT2D eigenvalue weighted by atomic mass is 10.3. The van der Waals surface area contributed by atoms with Crippen molar-refractivity contribution in [3.63, 3.8) is 0 Å². The first-order valence-corrected chi connectivity index (χ1v) is 8.83. The minimum atomic E-state index is -4.48. The van der Waals surface area contributed by atoms with Gasteiger partial charge in [-0.1, -0.05) is 6.07 Å². The van der Waals surface area contributed by atoms with E-state index >= 15 is 0 Å². The van der Waals surface area contributed by atoms with E-state index in [9.17, 15) is 30.8 Å². The number of rotatable bonds is 5. The molecule has 1 aromatic carbocycles. The molecule has 25 heavy (non-hydrogen) atoms. The van der Waals surface area contributed by atoms with E-state index in [1.165, 1.54) is 12.1 Å². The van der Waals surface area contributed by atoms with Gasteiger partial charge < -0.3 is 5.32 Å². The Labute approximate surface area is 142 Å². The number of carbonyl (C=O) groups is 1. The largest absolute Gasteiger partial charge is 0.405 e. The zero-order valence-electron chi connectivity index (χ0n) is 13.1. The van der Waals surface area contributed by atoms with Gasteiger partial charge in [-0.15, -0.1) is 0 Å². The summed E-state index contributed by atoms with van der Waals surface area (Å²) in [5, 5.41) is 1.76. The third-order valence-electron chi connectivity index (χ3n) is 3.62. The number of amides is 1. The second-order valence-corrected chi connectivity index (χ2v) is 7.47. The number of alkyl halides is 3. The van der Waals surface area contributed by atoms with Crippen LogP contribution in [0.4, 0.5) is 17.6 Å². The van der Waals surface area contributed by atoms with Crippen LogP contribution in [0.3, 0.4) is 0 Å². The molecule has 1 heterocycles. The van der Waals surface area contributed by atoms with Crippen LogP contribution in [0.1, 0.15) is 0 Å². The van der Waals surface area contributed by atoms with Crippen LogP contribution in [-0.4, -0.2) is 69.0 Å². The number of halogens is 4. The topological polar surface area (TPSA) is 69.7 Å². The smallest absolute Gasteiger partial charge is 0.346 e. The molecule has 0 atom stereocenters.